The smallest absolute Gasteiger partial charge is 0.308 e. The number of rotatable bonds is 5. The molecule has 0 bridgehead atoms. The molecule has 1 amide bonds. The Morgan fingerprint density at radius 2 is 2.18 bits per heavy atom. The largest absolute Gasteiger partial charge is 0.481 e. The Kier molecular flexibility index (Phi) is 5.35. The van der Waals surface area contributed by atoms with Crippen LogP contribution in [-0.4, -0.2) is 41.6 Å². The van der Waals surface area contributed by atoms with Crippen molar-refractivity contribution in [2.75, 3.05) is 24.5 Å². The minimum Gasteiger partial charge on any atom is -0.481 e. The van der Waals surface area contributed by atoms with Gasteiger partial charge in [-0.05, 0) is 30.9 Å². The van der Waals surface area contributed by atoms with Gasteiger partial charge in [0.2, 0.25) is 0 Å². The van der Waals surface area contributed by atoms with Crippen LogP contribution in [0.5, 0.6) is 0 Å². The molecule has 6 nitrogen and oxygen atoms in total. The number of amides is 1. The third kappa shape index (κ3) is 3.96. The lowest BCUT2D eigenvalue weighted by Crippen LogP contribution is -2.43. The molecule has 2 rings (SSSR count). The molecule has 0 radical (unpaired) electrons. The molecule has 1 aromatic heterocycles. The van der Waals surface area contributed by atoms with Crippen LogP contribution in [0, 0.1) is 11.8 Å². The van der Waals surface area contributed by atoms with E-state index in [1.165, 1.54) is 0 Å². The maximum Gasteiger partial charge on any atom is 0.308 e. The van der Waals surface area contributed by atoms with E-state index in [1.807, 2.05) is 11.8 Å². The van der Waals surface area contributed by atoms with Crippen LogP contribution in [-0.2, 0) is 4.79 Å². The van der Waals surface area contributed by atoms with Crippen molar-refractivity contribution >= 4 is 17.7 Å². The number of pyridine rings is 1. The van der Waals surface area contributed by atoms with E-state index >= 15 is 0 Å². The van der Waals surface area contributed by atoms with Crippen molar-refractivity contribution in [3.63, 3.8) is 0 Å². The average molecular weight is 305 g/mol. The van der Waals surface area contributed by atoms with Gasteiger partial charge in [0.05, 0.1) is 11.5 Å². The Balaban J connectivity index is 2.06. The first-order valence-corrected chi connectivity index (χ1v) is 7.73. The first kappa shape index (κ1) is 16.3. The van der Waals surface area contributed by atoms with Gasteiger partial charge in [-0.25, -0.2) is 4.98 Å². The number of aliphatic carboxylic acids is 1. The Labute approximate surface area is 130 Å². The molecule has 0 saturated carbocycles. The second kappa shape index (κ2) is 7.24. The van der Waals surface area contributed by atoms with Crippen LogP contribution in [0.15, 0.2) is 18.3 Å². The summed E-state index contributed by atoms with van der Waals surface area (Å²) >= 11 is 0. The number of nitrogens with zero attached hydrogens (tertiary/aromatic N) is 2. The molecule has 1 saturated heterocycles. The molecule has 1 aliphatic rings. The topological polar surface area (TPSA) is 82.5 Å². The van der Waals surface area contributed by atoms with Crippen molar-refractivity contribution in [1.29, 1.82) is 0 Å². The molecule has 2 unspecified atom stereocenters. The Hall–Kier alpha value is -2.11. The zero-order valence-corrected chi connectivity index (χ0v) is 13.1. The van der Waals surface area contributed by atoms with Gasteiger partial charge in [0.25, 0.3) is 5.91 Å². The van der Waals surface area contributed by atoms with Crippen LogP contribution in [0.4, 0.5) is 5.82 Å². The van der Waals surface area contributed by atoms with Gasteiger partial charge in [-0.3, -0.25) is 9.59 Å². The molecule has 0 aliphatic carbocycles. The van der Waals surface area contributed by atoms with E-state index in [2.05, 4.69) is 17.2 Å². The summed E-state index contributed by atoms with van der Waals surface area (Å²) in [7, 11) is 0. The number of aromatic nitrogens is 1. The highest BCUT2D eigenvalue weighted by molar-refractivity contribution is 5.94. The van der Waals surface area contributed by atoms with Crippen LogP contribution in [0.3, 0.4) is 0 Å². The van der Waals surface area contributed by atoms with Crippen LogP contribution in [0.1, 0.15) is 37.0 Å². The number of carbonyl (C=O) groups is 2. The van der Waals surface area contributed by atoms with E-state index in [9.17, 15) is 14.7 Å². The van der Waals surface area contributed by atoms with E-state index in [-0.39, 0.29) is 11.8 Å². The highest BCUT2D eigenvalue weighted by atomic mass is 16.4. The van der Waals surface area contributed by atoms with Crippen molar-refractivity contribution in [2.24, 2.45) is 11.8 Å². The fourth-order valence-electron chi connectivity index (χ4n) is 2.77. The molecule has 0 spiro atoms. The van der Waals surface area contributed by atoms with E-state index in [0.717, 1.165) is 18.8 Å². The summed E-state index contributed by atoms with van der Waals surface area (Å²) < 4.78 is 0. The number of carboxylic acids is 1. The first-order chi connectivity index (χ1) is 10.5. The van der Waals surface area contributed by atoms with E-state index in [1.54, 1.807) is 18.3 Å². The lowest BCUT2D eigenvalue weighted by Gasteiger charge is -2.35. The monoisotopic (exact) mass is 305 g/mol. The summed E-state index contributed by atoms with van der Waals surface area (Å²) in [6, 6.07) is 3.53. The van der Waals surface area contributed by atoms with Gasteiger partial charge in [0, 0.05) is 25.8 Å². The number of carboxylic acid groups (broad SMARTS) is 1. The normalized spacial score (nSPS) is 21.5. The van der Waals surface area contributed by atoms with Crippen molar-refractivity contribution in [1.82, 2.24) is 10.3 Å². The predicted molar refractivity (Wildman–Crippen MR) is 84.0 cm³/mol. The molecular formula is C16H23N3O3. The molecular weight excluding hydrogens is 282 g/mol. The Morgan fingerprint density at radius 1 is 1.41 bits per heavy atom. The average Bonchev–Trinajstić information content (AvgIpc) is 2.52. The van der Waals surface area contributed by atoms with Gasteiger partial charge >= 0.3 is 5.97 Å². The maximum absolute atomic E-state index is 11.8. The minimum atomic E-state index is -0.757. The van der Waals surface area contributed by atoms with Gasteiger partial charge in [-0.1, -0.05) is 13.8 Å². The number of anilines is 1. The van der Waals surface area contributed by atoms with Crippen LogP contribution < -0.4 is 10.2 Å². The zero-order valence-electron chi connectivity index (χ0n) is 13.1. The summed E-state index contributed by atoms with van der Waals surface area (Å²) in [4.78, 5) is 29.4. The van der Waals surface area contributed by atoms with Gasteiger partial charge < -0.3 is 15.3 Å². The third-order valence-electron chi connectivity index (χ3n) is 3.88. The fourth-order valence-corrected chi connectivity index (χ4v) is 2.77. The van der Waals surface area contributed by atoms with Crippen molar-refractivity contribution in [3.8, 4) is 0 Å². The quantitative estimate of drug-likeness (QED) is 0.866. The summed E-state index contributed by atoms with van der Waals surface area (Å²) in [5, 5.41) is 12.0. The van der Waals surface area contributed by atoms with Crippen LogP contribution in [0.25, 0.3) is 0 Å². The van der Waals surface area contributed by atoms with E-state index in [4.69, 9.17) is 0 Å². The van der Waals surface area contributed by atoms with Crippen molar-refractivity contribution in [3.05, 3.63) is 23.9 Å². The molecule has 1 fully saturated rings. The predicted octanol–water partition coefficient (Wildman–Crippen LogP) is 1.77. The third-order valence-corrected chi connectivity index (χ3v) is 3.88. The summed E-state index contributed by atoms with van der Waals surface area (Å²) in [6.07, 6.45) is 3.14. The van der Waals surface area contributed by atoms with Crippen LogP contribution >= 0.6 is 0 Å². The first-order valence-electron chi connectivity index (χ1n) is 7.73. The molecule has 2 heterocycles. The molecule has 1 aromatic rings. The zero-order chi connectivity index (χ0) is 16.1. The second-order valence-electron chi connectivity index (χ2n) is 5.94. The van der Waals surface area contributed by atoms with Gasteiger partial charge in [0.1, 0.15) is 5.82 Å². The molecule has 120 valence electrons. The lowest BCUT2D eigenvalue weighted by atomic mass is 9.90. The van der Waals surface area contributed by atoms with Gasteiger partial charge in [0.15, 0.2) is 0 Å². The number of hydrogen-bond donors (Lipinski definition) is 2. The lowest BCUT2D eigenvalue weighted by molar-refractivity contribution is -0.142. The molecule has 6 heteroatoms. The van der Waals surface area contributed by atoms with E-state index in [0.29, 0.717) is 31.0 Å². The fraction of sp³-hybridized carbons (Fsp3) is 0.562. The molecule has 0 aromatic carbocycles. The van der Waals surface area contributed by atoms with Crippen molar-refractivity contribution < 1.29 is 14.7 Å². The van der Waals surface area contributed by atoms with Gasteiger partial charge in [-0.2, -0.15) is 0 Å². The Morgan fingerprint density at radius 3 is 2.77 bits per heavy atom. The number of piperidine rings is 1. The second-order valence-corrected chi connectivity index (χ2v) is 5.94. The number of nitrogens with one attached hydrogen (secondary N) is 1. The highest BCUT2D eigenvalue weighted by Crippen LogP contribution is 2.25. The minimum absolute atomic E-state index is 0.128. The molecule has 22 heavy (non-hydrogen) atoms. The van der Waals surface area contributed by atoms with Gasteiger partial charge in [-0.15, -0.1) is 0 Å². The Bertz CT molecular complexity index is 530. The molecule has 2 atom stereocenters. The number of hydrogen-bond acceptors (Lipinski definition) is 4. The SMILES string of the molecule is CCCNC(=O)c1ccc(N2CC(C)CC(C(=O)O)C2)nc1. The molecule has 1 aliphatic heterocycles. The molecule has 2 N–H and O–H groups in total. The summed E-state index contributed by atoms with van der Waals surface area (Å²) in [6.45, 7) is 5.95. The summed E-state index contributed by atoms with van der Waals surface area (Å²) in [5.74, 6) is -0.212. The highest BCUT2D eigenvalue weighted by Gasteiger charge is 2.30. The van der Waals surface area contributed by atoms with Crippen molar-refractivity contribution in [2.45, 2.75) is 26.7 Å². The van der Waals surface area contributed by atoms with Crippen LogP contribution in [0.2, 0.25) is 0 Å². The maximum atomic E-state index is 11.8. The van der Waals surface area contributed by atoms with E-state index < -0.39 is 5.97 Å². The summed E-state index contributed by atoms with van der Waals surface area (Å²) in [5.41, 5.74) is 0.525. The number of carbonyl (C=O) groups excluding carboxylic acids is 1. The standard InChI is InChI=1S/C16H23N3O3/c1-3-6-17-15(20)12-4-5-14(18-8-12)19-9-11(2)7-13(10-19)16(21)22/h4-5,8,11,13H,3,6-7,9-10H2,1-2H3,(H,17,20)(H,21,22).